The van der Waals surface area contributed by atoms with Gasteiger partial charge in [0.25, 0.3) is 5.91 Å². The molecule has 1 aromatic carbocycles. The second-order valence-corrected chi connectivity index (χ2v) is 7.61. The molecule has 4 rings (SSSR count). The van der Waals surface area contributed by atoms with Gasteiger partial charge in [0.15, 0.2) is 5.76 Å². The number of benzene rings is 1. The van der Waals surface area contributed by atoms with Crippen molar-refractivity contribution in [1.82, 2.24) is 4.90 Å². The summed E-state index contributed by atoms with van der Waals surface area (Å²) in [7, 11) is 0. The third-order valence-corrected chi connectivity index (χ3v) is 5.75. The van der Waals surface area contributed by atoms with Gasteiger partial charge in [0.1, 0.15) is 0 Å². The zero-order chi connectivity index (χ0) is 17.9. The summed E-state index contributed by atoms with van der Waals surface area (Å²) in [5, 5.41) is 12.3. The maximum absolute atomic E-state index is 12.5. The number of fused-ring (bicyclic) bond motifs is 1. The Morgan fingerprint density at radius 1 is 1.31 bits per heavy atom. The second-order valence-electron chi connectivity index (χ2n) is 6.70. The quantitative estimate of drug-likeness (QED) is 0.598. The fourth-order valence-electron chi connectivity index (χ4n) is 3.25. The van der Waals surface area contributed by atoms with Crippen molar-refractivity contribution in [2.45, 2.75) is 31.5 Å². The Morgan fingerprint density at radius 2 is 2.15 bits per heavy atom. The van der Waals surface area contributed by atoms with Crippen molar-refractivity contribution in [2.24, 2.45) is 0 Å². The summed E-state index contributed by atoms with van der Waals surface area (Å²) >= 11 is 1.73. The van der Waals surface area contributed by atoms with Crippen molar-refractivity contribution in [2.75, 3.05) is 26.3 Å². The largest absolute Gasteiger partial charge is 0.459 e. The molecule has 2 aromatic rings. The molecule has 3 heterocycles. The second kappa shape index (κ2) is 7.78. The van der Waals surface area contributed by atoms with Crippen molar-refractivity contribution < 1.29 is 19.4 Å². The highest BCUT2D eigenvalue weighted by Crippen LogP contribution is 2.38. The van der Waals surface area contributed by atoms with E-state index in [1.807, 2.05) is 18.2 Å². The fourth-order valence-corrected chi connectivity index (χ4v) is 4.28. The number of amides is 1. The molecule has 0 aliphatic carbocycles. The number of hydrogen-bond donors (Lipinski definition) is 1. The van der Waals surface area contributed by atoms with Crippen LogP contribution in [0.5, 0.6) is 0 Å². The monoisotopic (exact) mass is 373 g/mol. The van der Waals surface area contributed by atoms with Gasteiger partial charge in [0.05, 0.1) is 6.61 Å². The molecule has 2 aliphatic heterocycles. The molecule has 0 spiro atoms. The van der Waals surface area contributed by atoms with Gasteiger partial charge in [-0.05, 0) is 41.3 Å². The lowest BCUT2D eigenvalue weighted by Gasteiger charge is -2.29. The number of hydrogen-bond acceptors (Lipinski definition) is 5. The SMILES string of the molecule is O=C(C1=C[C@H](c2csc3ccccc23)C[C@H](OCCCCO)O1)N1CC1. The molecule has 2 atom stereocenters. The lowest BCUT2D eigenvalue weighted by Crippen LogP contribution is -2.29. The summed E-state index contributed by atoms with van der Waals surface area (Å²) in [6.07, 6.45) is 3.71. The number of carbonyl (C=O) groups excluding carboxylic acids is 1. The first kappa shape index (κ1) is 17.5. The van der Waals surface area contributed by atoms with Crippen molar-refractivity contribution in [3.8, 4) is 0 Å². The van der Waals surface area contributed by atoms with E-state index in [0.717, 1.165) is 19.5 Å². The van der Waals surface area contributed by atoms with Crippen molar-refractivity contribution >= 4 is 27.3 Å². The van der Waals surface area contributed by atoms with Crippen LogP contribution in [0, 0.1) is 0 Å². The first-order valence-electron chi connectivity index (χ1n) is 9.12. The molecule has 0 saturated carbocycles. The first-order valence-corrected chi connectivity index (χ1v) is 10.0. The predicted octanol–water partition coefficient (Wildman–Crippen LogP) is 3.25. The zero-order valence-corrected chi connectivity index (χ0v) is 15.4. The lowest BCUT2D eigenvalue weighted by molar-refractivity contribution is -0.149. The van der Waals surface area contributed by atoms with E-state index in [2.05, 4.69) is 17.5 Å². The van der Waals surface area contributed by atoms with Crippen molar-refractivity contribution in [1.29, 1.82) is 0 Å². The first-order chi connectivity index (χ1) is 12.8. The van der Waals surface area contributed by atoms with E-state index < -0.39 is 6.29 Å². The van der Waals surface area contributed by atoms with Crippen molar-refractivity contribution in [3.63, 3.8) is 0 Å². The molecule has 5 nitrogen and oxygen atoms in total. The summed E-state index contributed by atoms with van der Waals surface area (Å²) in [4.78, 5) is 14.3. The molecule has 1 fully saturated rings. The predicted molar refractivity (Wildman–Crippen MR) is 101 cm³/mol. The number of nitrogens with zero attached hydrogens (tertiary/aromatic N) is 1. The van der Waals surface area contributed by atoms with E-state index in [4.69, 9.17) is 14.6 Å². The van der Waals surface area contributed by atoms with Crippen LogP contribution in [0.3, 0.4) is 0 Å². The minimum atomic E-state index is -0.429. The molecule has 0 unspecified atom stereocenters. The smallest absolute Gasteiger partial charge is 0.288 e. The normalized spacial score (nSPS) is 22.2. The van der Waals surface area contributed by atoms with Crippen LogP contribution in [0.1, 0.15) is 30.7 Å². The Kier molecular flexibility index (Phi) is 5.24. The Morgan fingerprint density at radius 3 is 2.96 bits per heavy atom. The number of carbonyl (C=O) groups is 1. The van der Waals surface area contributed by atoms with Crippen LogP contribution in [-0.4, -0.2) is 48.5 Å². The summed E-state index contributed by atoms with van der Waals surface area (Å²) in [6.45, 7) is 2.28. The molecule has 1 amide bonds. The number of unbranched alkanes of at least 4 members (excludes halogenated alkanes) is 1. The van der Waals surface area contributed by atoms with Crippen LogP contribution < -0.4 is 0 Å². The highest BCUT2D eigenvalue weighted by atomic mass is 32.1. The third kappa shape index (κ3) is 3.77. The van der Waals surface area contributed by atoms with Gasteiger partial charge >= 0.3 is 0 Å². The van der Waals surface area contributed by atoms with Gasteiger partial charge in [-0.15, -0.1) is 11.3 Å². The highest BCUT2D eigenvalue weighted by Gasteiger charge is 2.34. The molecule has 138 valence electrons. The molecule has 0 radical (unpaired) electrons. The van der Waals surface area contributed by atoms with E-state index in [9.17, 15) is 4.79 Å². The number of aliphatic hydroxyl groups is 1. The van der Waals surface area contributed by atoms with Crippen LogP contribution in [-0.2, 0) is 14.3 Å². The molecule has 1 aromatic heterocycles. The van der Waals surface area contributed by atoms with Crippen LogP contribution in [0.15, 0.2) is 41.5 Å². The molecule has 0 bridgehead atoms. The average molecular weight is 373 g/mol. The maximum atomic E-state index is 12.5. The summed E-state index contributed by atoms with van der Waals surface area (Å²) in [6, 6.07) is 8.35. The highest BCUT2D eigenvalue weighted by molar-refractivity contribution is 7.17. The van der Waals surface area contributed by atoms with Crippen LogP contribution in [0.2, 0.25) is 0 Å². The molecule has 2 aliphatic rings. The average Bonchev–Trinajstić information content (AvgIpc) is 3.43. The summed E-state index contributed by atoms with van der Waals surface area (Å²) < 4.78 is 13.0. The Bertz CT molecular complexity index is 811. The topological polar surface area (TPSA) is 58.8 Å². The van der Waals surface area contributed by atoms with Gasteiger partial charge in [-0.3, -0.25) is 4.79 Å². The third-order valence-electron chi connectivity index (χ3n) is 4.77. The number of rotatable bonds is 7. The van der Waals surface area contributed by atoms with Crippen LogP contribution in [0.25, 0.3) is 10.1 Å². The minimum absolute atomic E-state index is 0.0433. The number of aliphatic hydroxyl groups excluding tert-OH is 1. The Balaban J connectivity index is 1.56. The molecule has 1 N–H and O–H groups in total. The summed E-state index contributed by atoms with van der Waals surface area (Å²) in [5.41, 5.74) is 1.23. The van der Waals surface area contributed by atoms with Gasteiger partial charge in [-0.1, -0.05) is 18.2 Å². The fraction of sp³-hybridized carbons (Fsp3) is 0.450. The van der Waals surface area contributed by atoms with Gasteiger partial charge in [-0.25, -0.2) is 0 Å². The van der Waals surface area contributed by atoms with E-state index >= 15 is 0 Å². The molecule has 26 heavy (non-hydrogen) atoms. The Hall–Kier alpha value is -1.89. The van der Waals surface area contributed by atoms with Gasteiger partial charge in [0, 0.05) is 36.7 Å². The van der Waals surface area contributed by atoms with Crippen LogP contribution >= 0.6 is 11.3 Å². The standard InChI is InChI=1S/C20H23NO4S/c22-9-3-4-10-24-19-12-14(11-17(25-19)20(23)21-7-8-21)16-13-26-18-6-2-1-5-15(16)18/h1-2,5-6,11,13-14,19,22H,3-4,7-10,12H2/t14-,19+/m0/s1. The van der Waals surface area contributed by atoms with Gasteiger partial charge in [0.2, 0.25) is 6.29 Å². The number of thiophene rings is 1. The summed E-state index contributed by atoms with van der Waals surface area (Å²) in [5.74, 6) is 0.459. The van der Waals surface area contributed by atoms with E-state index in [0.29, 0.717) is 25.2 Å². The molecular formula is C20H23NO4S. The zero-order valence-electron chi connectivity index (χ0n) is 14.6. The van der Waals surface area contributed by atoms with Gasteiger partial charge < -0.3 is 19.5 Å². The van der Waals surface area contributed by atoms with Gasteiger partial charge in [-0.2, -0.15) is 0 Å². The van der Waals surface area contributed by atoms with E-state index in [1.54, 1.807) is 16.2 Å². The number of ether oxygens (including phenoxy) is 2. The minimum Gasteiger partial charge on any atom is -0.459 e. The molecule has 6 heteroatoms. The van der Waals surface area contributed by atoms with Crippen LogP contribution in [0.4, 0.5) is 0 Å². The van der Waals surface area contributed by atoms with Crippen molar-refractivity contribution in [3.05, 3.63) is 47.0 Å². The van der Waals surface area contributed by atoms with E-state index in [-0.39, 0.29) is 18.4 Å². The maximum Gasteiger partial charge on any atom is 0.288 e. The lowest BCUT2D eigenvalue weighted by atomic mass is 9.92. The number of allylic oxidation sites excluding steroid dienone is 1. The molecular weight excluding hydrogens is 350 g/mol. The Labute approximate surface area is 156 Å². The van der Waals surface area contributed by atoms with E-state index in [1.165, 1.54) is 15.6 Å². The molecule has 1 saturated heterocycles.